The van der Waals surface area contributed by atoms with Gasteiger partial charge in [-0.05, 0) is 23.3 Å². The monoisotopic (exact) mass is 660 g/mol. The molecule has 12 nitrogen and oxygen atoms in total. The van der Waals surface area contributed by atoms with E-state index in [2.05, 4.69) is 24.9 Å². The van der Waals surface area contributed by atoms with E-state index in [-0.39, 0.29) is 24.4 Å². The number of fused-ring (bicyclic) bond motifs is 2. The Morgan fingerprint density at radius 2 is 1.17 bits per heavy atom. The summed E-state index contributed by atoms with van der Waals surface area (Å²) >= 11 is 0. The predicted octanol–water partition coefficient (Wildman–Crippen LogP) is -0.790. The van der Waals surface area contributed by atoms with E-state index in [4.69, 9.17) is 0 Å². The van der Waals surface area contributed by atoms with Crippen molar-refractivity contribution in [2.24, 2.45) is 23.7 Å². The smallest absolute Gasteiger partial charge is 0.545 e. The van der Waals surface area contributed by atoms with Crippen molar-refractivity contribution in [2.75, 3.05) is 43.1 Å². The van der Waals surface area contributed by atoms with E-state index in [0.717, 1.165) is 16.9 Å². The van der Waals surface area contributed by atoms with Gasteiger partial charge in [0.25, 0.3) is 11.8 Å². The molecule has 4 aliphatic rings. The fourth-order valence-corrected chi connectivity index (χ4v) is 6.39. The number of esters is 1. The Kier molecular flexibility index (Phi) is 8.75. The van der Waals surface area contributed by atoms with Crippen molar-refractivity contribution < 1.29 is 55.9 Å². The van der Waals surface area contributed by atoms with E-state index in [1.807, 2.05) is 28.0 Å². The summed E-state index contributed by atoms with van der Waals surface area (Å²) in [4.78, 5) is 34.6. The van der Waals surface area contributed by atoms with Gasteiger partial charge in [-0.1, -0.05) is 12.1 Å². The zero-order chi connectivity index (χ0) is 33.1. The van der Waals surface area contributed by atoms with Crippen LogP contribution in [0.3, 0.4) is 0 Å². The van der Waals surface area contributed by atoms with Crippen LogP contribution in [0.2, 0.25) is 0 Å². The zero-order valence-corrected chi connectivity index (χ0v) is 26.0. The number of piperidine rings is 2. The van der Waals surface area contributed by atoms with Gasteiger partial charge < -0.3 is 24.4 Å². The molecule has 0 spiro atoms. The first-order valence-electron chi connectivity index (χ1n) is 14.9. The Hall–Kier alpha value is -4.42. The van der Waals surface area contributed by atoms with E-state index >= 15 is 0 Å². The summed E-state index contributed by atoms with van der Waals surface area (Å²) in [6.45, 7) is 2.27. The van der Waals surface area contributed by atoms with Gasteiger partial charge in [0, 0.05) is 56.5 Å². The Labute approximate surface area is 283 Å². The van der Waals surface area contributed by atoms with Gasteiger partial charge in [0.2, 0.25) is 0 Å². The van der Waals surface area contributed by atoms with Crippen molar-refractivity contribution >= 4 is 23.6 Å². The largest absolute Gasteiger partial charge is 1.00 e. The molecular formula is C31H29F4LiN8O4. The van der Waals surface area contributed by atoms with E-state index in [1.54, 1.807) is 29.3 Å². The summed E-state index contributed by atoms with van der Waals surface area (Å²) in [6, 6.07) is 7.36. The third kappa shape index (κ3) is 6.38. The number of nitrogens with zero attached hydrogens (tertiary/aromatic N) is 8. The normalized spacial score (nSPS) is 23.7. The minimum Gasteiger partial charge on any atom is -0.545 e. The van der Waals surface area contributed by atoms with Crippen LogP contribution in [0.25, 0.3) is 0 Å². The van der Waals surface area contributed by atoms with Gasteiger partial charge in [0.05, 0.1) is 67.8 Å². The molecule has 2 saturated heterocycles. The van der Waals surface area contributed by atoms with Crippen LogP contribution in [0.15, 0.2) is 61.4 Å². The van der Waals surface area contributed by atoms with Crippen molar-refractivity contribution in [3.63, 3.8) is 0 Å². The van der Waals surface area contributed by atoms with Gasteiger partial charge in [-0.15, -0.1) is 0 Å². The number of pyridine rings is 2. The Morgan fingerprint density at radius 3 is 1.52 bits per heavy atom. The van der Waals surface area contributed by atoms with Crippen molar-refractivity contribution in [1.82, 2.24) is 29.5 Å². The minimum absolute atomic E-state index is 0. The first-order valence-corrected chi connectivity index (χ1v) is 14.9. The third-order valence-electron chi connectivity index (χ3n) is 9.28. The molecular weight excluding hydrogens is 631 g/mol. The third-order valence-corrected chi connectivity index (χ3v) is 9.28. The van der Waals surface area contributed by atoms with Crippen molar-refractivity contribution in [3.8, 4) is 0 Å². The summed E-state index contributed by atoms with van der Waals surface area (Å²) in [5.41, 5.74) is 2.16. The molecule has 4 aromatic heterocycles. The quantitative estimate of drug-likeness (QED) is 0.135. The van der Waals surface area contributed by atoms with Gasteiger partial charge in [0.15, 0.2) is 0 Å². The summed E-state index contributed by atoms with van der Waals surface area (Å²) in [5, 5.41) is 18.7. The molecule has 246 valence electrons. The first kappa shape index (κ1) is 33.5. The van der Waals surface area contributed by atoms with Crippen LogP contribution in [0.4, 0.5) is 29.2 Å². The Morgan fingerprint density at radius 1 is 0.750 bits per heavy atom. The van der Waals surface area contributed by atoms with Gasteiger partial charge >= 0.3 is 24.8 Å². The van der Waals surface area contributed by atoms with Gasteiger partial charge in [-0.25, -0.2) is 32.3 Å². The number of aromatic carboxylic acids is 1. The topological polar surface area (TPSA) is 134 Å². The van der Waals surface area contributed by atoms with E-state index in [0.29, 0.717) is 50.6 Å². The number of carbonyl (C=O) groups excluding carboxylic acids is 2. The molecule has 2 aliphatic heterocycles. The molecule has 17 heteroatoms. The van der Waals surface area contributed by atoms with E-state index < -0.39 is 47.5 Å². The second-order valence-electron chi connectivity index (χ2n) is 12.3. The number of rotatable bonds is 8. The number of anilines is 2. The van der Waals surface area contributed by atoms with Crippen molar-refractivity contribution in [1.29, 1.82) is 0 Å². The van der Waals surface area contributed by atoms with Crippen LogP contribution in [0.1, 0.15) is 31.8 Å². The van der Waals surface area contributed by atoms with Crippen LogP contribution in [-0.2, 0) is 17.8 Å². The molecule has 8 rings (SSSR count). The summed E-state index contributed by atoms with van der Waals surface area (Å²) in [6.07, 6.45) is 9.03. The molecule has 0 amide bonds. The average molecular weight is 661 g/mol. The van der Waals surface area contributed by atoms with Gasteiger partial charge in [0.1, 0.15) is 11.6 Å². The summed E-state index contributed by atoms with van der Waals surface area (Å²) in [7, 11) is 1.32. The maximum absolute atomic E-state index is 13.2. The molecule has 2 aliphatic carbocycles. The fourth-order valence-electron chi connectivity index (χ4n) is 6.39. The number of hydrogen-bond acceptors (Lipinski definition) is 10. The predicted molar refractivity (Wildman–Crippen MR) is 155 cm³/mol. The first-order chi connectivity index (χ1) is 22.4. The number of methoxy groups -OCH3 is 1. The fraction of sp³-hybridized carbons (Fsp3) is 0.419. The number of hydrogen-bond donors (Lipinski definition) is 0. The van der Waals surface area contributed by atoms with Crippen LogP contribution < -0.4 is 33.8 Å². The molecule has 0 aromatic carbocycles. The maximum Gasteiger partial charge on any atom is 1.00 e. The SMILES string of the molecule is COC(=O)c1cnn(Cc2ccc(N3CC4C(C3)C4(F)F)nc2)c1.O=C([O-])c1cnn(Cc2ccc(N3CC4C(C3)C4(F)F)nc2)c1.[Li+]. The average Bonchev–Trinajstić information content (AvgIpc) is 3.65. The van der Waals surface area contributed by atoms with Crippen LogP contribution in [-0.4, -0.2) is 86.6 Å². The summed E-state index contributed by atoms with van der Waals surface area (Å²) in [5.74, 6) is -7.36. The Balaban J connectivity index is 0.000000164. The molecule has 4 atom stereocenters. The minimum atomic E-state index is -2.49. The Bertz CT molecular complexity index is 1770. The van der Waals surface area contributed by atoms with Gasteiger partial charge in [-0.3, -0.25) is 9.36 Å². The van der Waals surface area contributed by atoms with E-state index in [1.165, 1.54) is 30.4 Å². The van der Waals surface area contributed by atoms with E-state index in [9.17, 15) is 32.3 Å². The maximum atomic E-state index is 13.2. The van der Waals surface area contributed by atoms with Crippen molar-refractivity contribution in [3.05, 3.63) is 83.7 Å². The second-order valence-corrected chi connectivity index (χ2v) is 12.3. The number of alkyl halides is 4. The number of aromatic nitrogens is 6. The number of carboxylic acid groups (broad SMARTS) is 1. The van der Waals surface area contributed by atoms with Gasteiger partial charge in [-0.2, -0.15) is 10.2 Å². The second kappa shape index (κ2) is 12.6. The molecule has 2 saturated carbocycles. The molecule has 4 fully saturated rings. The molecule has 6 heterocycles. The molecule has 4 aromatic rings. The number of carboxylic acids is 1. The summed E-state index contributed by atoms with van der Waals surface area (Å²) < 4.78 is 60.6. The van der Waals surface area contributed by atoms with Crippen LogP contribution in [0, 0.1) is 23.7 Å². The van der Waals surface area contributed by atoms with Crippen molar-refractivity contribution in [2.45, 2.75) is 24.9 Å². The number of halogens is 4. The van der Waals surface area contributed by atoms with Crippen LogP contribution in [0.5, 0.6) is 0 Å². The molecule has 4 unspecified atom stereocenters. The number of carbonyl (C=O) groups is 2. The number of ether oxygens (including phenoxy) is 1. The standard InChI is InChI=1S/C16H16F2N4O2.C15H14F2N4O2.Li/c1-24-15(23)11-5-20-22(7-11)6-10-2-3-14(19-4-10)21-8-12-13(9-21)16(12,17)18;16-15(17)11-7-20(8-12(11)15)13-2-1-9(3-18-13)5-21-6-10(4-19-21)14(22)23;/h2-5,7,12-13H,6,8-9H2,1H3;1-4,6,11-12H,5,7-8H2,(H,22,23);/q;;+1/p-1. The molecule has 48 heavy (non-hydrogen) atoms. The molecule has 0 bridgehead atoms. The molecule has 0 radical (unpaired) electrons. The van der Waals surface area contributed by atoms with Crippen LogP contribution >= 0.6 is 0 Å². The zero-order valence-electron chi connectivity index (χ0n) is 26.0. The molecule has 0 N–H and O–H groups in total.